The molecule has 2 aromatic rings. The average molecular weight is 279 g/mol. The number of nitrogens with zero attached hydrogens (tertiary/aromatic N) is 2. The highest BCUT2D eigenvalue weighted by atomic mass is 16.3. The number of nitriles is 1. The van der Waals surface area contributed by atoms with Crippen molar-refractivity contribution in [1.29, 1.82) is 5.26 Å². The van der Waals surface area contributed by atoms with Gasteiger partial charge in [0.15, 0.2) is 0 Å². The van der Waals surface area contributed by atoms with Crippen LogP contribution in [0.4, 0.5) is 5.82 Å². The van der Waals surface area contributed by atoms with Gasteiger partial charge in [0.25, 0.3) is 0 Å². The second-order valence-electron chi connectivity index (χ2n) is 5.39. The van der Waals surface area contributed by atoms with Gasteiger partial charge in [-0.05, 0) is 48.9 Å². The van der Waals surface area contributed by atoms with E-state index in [1.807, 2.05) is 12.1 Å². The lowest BCUT2D eigenvalue weighted by Gasteiger charge is -2.15. The van der Waals surface area contributed by atoms with Gasteiger partial charge in [-0.15, -0.1) is 0 Å². The number of fused-ring (bicyclic) bond motifs is 1. The molecule has 0 atom stereocenters. The highest BCUT2D eigenvalue weighted by molar-refractivity contribution is 5.79. The van der Waals surface area contributed by atoms with E-state index in [-0.39, 0.29) is 5.75 Å². The standard InChI is InChI=1S/C17H17N3O/c18-10-14-16(11-6-8-12(21)9-7-11)13-4-2-1-3-5-15(13)20-17(14)19/h6-9,21H,1-5H2,(H2,19,20). The Kier molecular flexibility index (Phi) is 3.49. The summed E-state index contributed by atoms with van der Waals surface area (Å²) in [5.74, 6) is 0.520. The van der Waals surface area contributed by atoms with Crippen LogP contribution in [-0.4, -0.2) is 10.1 Å². The van der Waals surface area contributed by atoms with Crippen LogP contribution in [0.3, 0.4) is 0 Å². The van der Waals surface area contributed by atoms with E-state index in [1.165, 1.54) is 6.42 Å². The molecule has 21 heavy (non-hydrogen) atoms. The van der Waals surface area contributed by atoms with Gasteiger partial charge in [-0.2, -0.15) is 5.26 Å². The van der Waals surface area contributed by atoms with Crippen molar-refractivity contribution in [3.05, 3.63) is 41.1 Å². The molecule has 1 aromatic heterocycles. The first-order valence-electron chi connectivity index (χ1n) is 7.21. The van der Waals surface area contributed by atoms with Crippen molar-refractivity contribution in [2.45, 2.75) is 32.1 Å². The minimum atomic E-state index is 0.213. The maximum absolute atomic E-state index is 9.47. The molecule has 0 radical (unpaired) electrons. The van der Waals surface area contributed by atoms with E-state index in [0.717, 1.165) is 48.1 Å². The van der Waals surface area contributed by atoms with E-state index in [4.69, 9.17) is 5.73 Å². The van der Waals surface area contributed by atoms with E-state index >= 15 is 0 Å². The number of rotatable bonds is 1. The fraction of sp³-hybridized carbons (Fsp3) is 0.294. The summed E-state index contributed by atoms with van der Waals surface area (Å²) < 4.78 is 0. The van der Waals surface area contributed by atoms with Crippen molar-refractivity contribution >= 4 is 5.82 Å². The Labute approximate surface area is 123 Å². The minimum Gasteiger partial charge on any atom is -0.508 e. The monoisotopic (exact) mass is 279 g/mol. The Hall–Kier alpha value is -2.54. The Morgan fingerprint density at radius 3 is 2.52 bits per heavy atom. The third kappa shape index (κ3) is 2.43. The lowest BCUT2D eigenvalue weighted by molar-refractivity contribution is 0.475. The van der Waals surface area contributed by atoms with Crippen molar-refractivity contribution in [3.8, 4) is 22.9 Å². The minimum absolute atomic E-state index is 0.213. The number of pyridine rings is 1. The van der Waals surface area contributed by atoms with Gasteiger partial charge in [-0.3, -0.25) is 0 Å². The molecule has 0 spiro atoms. The summed E-state index contributed by atoms with van der Waals surface area (Å²) in [6.45, 7) is 0. The average Bonchev–Trinajstić information content (AvgIpc) is 2.72. The summed E-state index contributed by atoms with van der Waals surface area (Å²) in [6.07, 6.45) is 5.23. The van der Waals surface area contributed by atoms with Crippen LogP contribution >= 0.6 is 0 Å². The van der Waals surface area contributed by atoms with Gasteiger partial charge < -0.3 is 10.8 Å². The molecular weight excluding hydrogens is 262 g/mol. The molecule has 0 aliphatic heterocycles. The molecular formula is C17H17N3O. The van der Waals surface area contributed by atoms with Crippen LogP contribution in [-0.2, 0) is 12.8 Å². The number of phenols is 1. The number of hydrogen-bond acceptors (Lipinski definition) is 4. The third-order valence-electron chi connectivity index (χ3n) is 4.02. The van der Waals surface area contributed by atoms with Gasteiger partial charge in [0.05, 0.1) is 0 Å². The molecule has 1 heterocycles. The second-order valence-corrected chi connectivity index (χ2v) is 5.39. The summed E-state index contributed by atoms with van der Waals surface area (Å²) in [4.78, 5) is 4.45. The van der Waals surface area contributed by atoms with Gasteiger partial charge in [-0.25, -0.2) is 4.98 Å². The first-order valence-corrected chi connectivity index (χ1v) is 7.21. The molecule has 0 saturated heterocycles. The number of aryl methyl sites for hydroxylation is 1. The van der Waals surface area contributed by atoms with E-state index in [2.05, 4.69) is 11.1 Å². The van der Waals surface area contributed by atoms with Crippen molar-refractivity contribution in [3.63, 3.8) is 0 Å². The summed E-state index contributed by atoms with van der Waals surface area (Å²) in [7, 11) is 0. The molecule has 0 fully saturated rings. The quantitative estimate of drug-likeness (QED) is 0.785. The Balaban J connectivity index is 2.28. The van der Waals surface area contributed by atoms with E-state index < -0.39 is 0 Å². The highest BCUT2D eigenvalue weighted by Gasteiger charge is 2.21. The molecule has 0 amide bonds. The van der Waals surface area contributed by atoms with Gasteiger partial charge in [0.2, 0.25) is 0 Å². The van der Waals surface area contributed by atoms with Crippen molar-refractivity contribution < 1.29 is 5.11 Å². The molecule has 1 aromatic carbocycles. The Morgan fingerprint density at radius 1 is 1.10 bits per heavy atom. The molecule has 3 N–H and O–H groups in total. The number of anilines is 1. The number of phenolic OH excluding ortho intramolecular Hbond substituents is 1. The summed E-state index contributed by atoms with van der Waals surface area (Å²) in [5.41, 5.74) is 10.4. The molecule has 1 aliphatic carbocycles. The first kappa shape index (κ1) is 13.4. The van der Waals surface area contributed by atoms with Gasteiger partial charge in [-0.1, -0.05) is 18.6 Å². The van der Waals surface area contributed by atoms with Crippen LogP contribution in [0.2, 0.25) is 0 Å². The smallest absolute Gasteiger partial charge is 0.142 e. The van der Waals surface area contributed by atoms with Crippen LogP contribution in [0.5, 0.6) is 5.75 Å². The number of aromatic hydroxyl groups is 1. The molecule has 0 bridgehead atoms. The molecule has 3 rings (SSSR count). The van der Waals surface area contributed by atoms with Crippen LogP contribution in [0.1, 0.15) is 36.1 Å². The van der Waals surface area contributed by atoms with Crippen LogP contribution in [0.15, 0.2) is 24.3 Å². The Morgan fingerprint density at radius 2 is 1.81 bits per heavy atom. The molecule has 4 nitrogen and oxygen atoms in total. The zero-order valence-corrected chi connectivity index (χ0v) is 11.8. The zero-order valence-electron chi connectivity index (χ0n) is 11.8. The van der Waals surface area contributed by atoms with Crippen molar-refractivity contribution in [2.75, 3.05) is 5.73 Å². The van der Waals surface area contributed by atoms with Gasteiger partial charge in [0.1, 0.15) is 23.2 Å². The fourth-order valence-electron chi connectivity index (χ4n) is 3.00. The normalized spacial score (nSPS) is 14.0. The van der Waals surface area contributed by atoms with Gasteiger partial charge in [0, 0.05) is 11.3 Å². The number of hydrogen-bond donors (Lipinski definition) is 2. The zero-order chi connectivity index (χ0) is 14.8. The Bertz CT molecular complexity index is 714. The first-order chi connectivity index (χ1) is 10.2. The highest BCUT2D eigenvalue weighted by Crippen LogP contribution is 2.35. The van der Waals surface area contributed by atoms with Crippen LogP contribution in [0, 0.1) is 11.3 Å². The van der Waals surface area contributed by atoms with Crippen LogP contribution < -0.4 is 5.73 Å². The van der Waals surface area contributed by atoms with Crippen molar-refractivity contribution in [2.24, 2.45) is 0 Å². The van der Waals surface area contributed by atoms with E-state index in [9.17, 15) is 10.4 Å². The topological polar surface area (TPSA) is 82.9 Å². The number of benzene rings is 1. The SMILES string of the molecule is N#Cc1c(N)nc2c(c1-c1ccc(O)cc1)CCCCC2. The van der Waals surface area contributed by atoms with Crippen LogP contribution in [0.25, 0.3) is 11.1 Å². The molecule has 0 saturated carbocycles. The summed E-state index contributed by atoms with van der Waals surface area (Å²) in [6, 6.07) is 9.13. The third-order valence-corrected chi connectivity index (χ3v) is 4.02. The second kappa shape index (κ2) is 5.45. The van der Waals surface area contributed by atoms with Crippen molar-refractivity contribution in [1.82, 2.24) is 4.98 Å². The largest absolute Gasteiger partial charge is 0.508 e. The van der Waals surface area contributed by atoms with E-state index in [1.54, 1.807) is 12.1 Å². The molecule has 106 valence electrons. The predicted octanol–water partition coefficient (Wildman–Crippen LogP) is 3.18. The lowest BCUT2D eigenvalue weighted by Crippen LogP contribution is -2.06. The number of nitrogen functional groups attached to an aromatic ring is 1. The number of nitrogens with two attached hydrogens (primary N) is 1. The summed E-state index contributed by atoms with van der Waals surface area (Å²) >= 11 is 0. The lowest BCUT2D eigenvalue weighted by atomic mass is 9.92. The predicted molar refractivity (Wildman–Crippen MR) is 81.7 cm³/mol. The molecule has 1 aliphatic rings. The number of aromatic nitrogens is 1. The summed E-state index contributed by atoms with van der Waals surface area (Å²) in [5, 5.41) is 18.9. The maximum Gasteiger partial charge on any atom is 0.142 e. The molecule has 0 unspecified atom stereocenters. The van der Waals surface area contributed by atoms with E-state index in [0.29, 0.717) is 11.4 Å². The maximum atomic E-state index is 9.47. The fourth-order valence-corrected chi connectivity index (χ4v) is 3.00. The van der Waals surface area contributed by atoms with Gasteiger partial charge >= 0.3 is 0 Å². The molecule has 4 heteroatoms.